The number of nitrogens with zero attached hydrogens (tertiary/aromatic N) is 1. The summed E-state index contributed by atoms with van der Waals surface area (Å²) < 4.78 is 46.2. The van der Waals surface area contributed by atoms with Crippen molar-refractivity contribution >= 4 is 5.69 Å². The molecule has 0 aliphatic carbocycles. The fraction of sp³-hybridized carbons (Fsp3) is 0.538. The van der Waals surface area contributed by atoms with E-state index in [0.717, 1.165) is 12.5 Å². The van der Waals surface area contributed by atoms with Crippen molar-refractivity contribution in [2.45, 2.75) is 26.1 Å². The largest absolute Gasteiger partial charge is 0.493 e. The van der Waals surface area contributed by atoms with E-state index in [9.17, 15) is 23.3 Å². The molecule has 124 valence electrons. The highest BCUT2D eigenvalue weighted by molar-refractivity contribution is 5.54. The maximum Gasteiger partial charge on any atom is 0.422 e. The molecule has 0 atom stereocenters. The molecule has 22 heavy (non-hydrogen) atoms. The van der Waals surface area contributed by atoms with Gasteiger partial charge in [0.1, 0.15) is 0 Å². The molecule has 0 radical (unpaired) electrons. The second kappa shape index (κ2) is 7.83. The van der Waals surface area contributed by atoms with Crippen LogP contribution in [0.25, 0.3) is 0 Å². The van der Waals surface area contributed by atoms with Crippen LogP contribution in [-0.2, 0) is 6.54 Å². The third kappa shape index (κ3) is 5.40. The van der Waals surface area contributed by atoms with Crippen LogP contribution in [0.2, 0.25) is 0 Å². The molecular weight excluding hydrogens is 305 g/mol. The number of nitro groups is 1. The van der Waals surface area contributed by atoms with Crippen molar-refractivity contribution in [3.05, 3.63) is 27.8 Å². The van der Waals surface area contributed by atoms with E-state index in [2.05, 4.69) is 10.1 Å². The minimum absolute atomic E-state index is 0.0168. The van der Waals surface area contributed by atoms with Gasteiger partial charge in [-0.3, -0.25) is 10.1 Å². The van der Waals surface area contributed by atoms with E-state index in [-0.39, 0.29) is 23.7 Å². The van der Waals surface area contributed by atoms with Crippen molar-refractivity contribution in [2.75, 3.05) is 20.3 Å². The second-order valence-corrected chi connectivity index (χ2v) is 4.47. The highest BCUT2D eigenvalue weighted by atomic mass is 19.4. The number of methoxy groups -OCH3 is 1. The number of nitro benzene ring substituents is 1. The van der Waals surface area contributed by atoms with Gasteiger partial charge in [-0.25, -0.2) is 0 Å². The Morgan fingerprint density at radius 1 is 1.32 bits per heavy atom. The topological polar surface area (TPSA) is 73.6 Å². The number of nitrogens with one attached hydrogen (secondary N) is 1. The summed E-state index contributed by atoms with van der Waals surface area (Å²) in [6, 6.07) is 2.26. The molecule has 0 fully saturated rings. The summed E-state index contributed by atoms with van der Waals surface area (Å²) in [6.45, 7) is 1.26. The summed E-state index contributed by atoms with van der Waals surface area (Å²) in [5.41, 5.74) is -0.00348. The molecule has 1 aromatic rings. The van der Waals surface area contributed by atoms with Crippen molar-refractivity contribution in [3.63, 3.8) is 0 Å². The highest BCUT2D eigenvalue weighted by Gasteiger charge is 2.30. The van der Waals surface area contributed by atoms with Gasteiger partial charge in [-0.1, -0.05) is 6.92 Å². The van der Waals surface area contributed by atoms with Gasteiger partial charge in [-0.2, -0.15) is 13.2 Å². The lowest BCUT2D eigenvalue weighted by Crippen LogP contribution is -2.20. The van der Waals surface area contributed by atoms with Crippen molar-refractivity contribution in [1.29, 1.82) is 0 Å². The first-order valence-corrected chi connectivity index (χ1v) is 6.54. The molecule has 1 aromatic carbocycles. The summed E-state index contributed by atoms with van der Waals surface area (Å²) in [6.07, 6.45) is -3.70. The molecule has 6 nitrogen and oxygen atoms in total. The van der Waals surface area contributed by atoms with Gasteiger partial charge in [0.2, 0.25) is 0 Å². The predicted molar refractivity (Wildman–Crippen MR) is 73.2 cm³/mol. The van der Waals surface area contributed by atoms with Crippen LogP contribution in [0.15, 0.2) is 12.1 Å². The van der Waals surface area contributed by atoms with Gasteiger partial charge in [0.15, 0.2) is 18.1 Å². The van der Waals surface area contributed by atoms with Crippen LogP contribution in [0.1, 0.15) is 18.9 Å². The lowest BCUT2D eigenvalue weighted by Gasteiger charge is -2.14. The molecule has 0 bridgehead atoms. The van der Waals surface area contributed by atoms with Crippen molar-refractivity contribution in [2.24, 2.45) is 0 Å². The van der Waals surface area contributed by atoms with Crippen molar-refractivity contribution < 1.29 is 27.6 Å². The molecule has 0 aromatic heterocycles. The first-order valence-electron chi connectivity index (χ1n) is 6.54. The van der Waals surface area contributed by atoms with Gasteiger partial charge in [0.25, 0.3) is 5.69 Å². The Kier molecular flexibility index (Phi) is 6.41. The molecule has 0 spiro atoms. The van der Waals surface area contributed by atoms with Crippen LogP contribution in [0.5, 0.6) is 11.5 Å². The van der Waals surface area contributed by atoms with Crippen LogP contribution >= 0.6 is 0 Å². The van der Waals surface area contributed by atoms with E-state index in [1.165, 1.54) is 13.2 Å². The summed E-state index contributed by atoms with van der Waals surface area (Å²) >= 11 is 0. The fourth-order valence-electron chi connectivity index (χ4n) is 1.73. The number of hydrogen-bond acceptors (Lipinski definition) is 5. The average molecular weight is 322 g/mol. The quantitative estimate of drug-likeness (QED) is 0.452. The summed E-state index contributed by atoms with van der Waals surface area (Å²) in [7, 11) is 1.25. The minimum Gasteiger partial charge on any atom is -0.493 e. The van der Waals surface area contributed by atoms with Gasteiger partial charge < -0.3 is 14.8 Å². The molecule has 0 saturated carbocycles. The standard InChI is InChI=1S/C13H17F3N2O4/c1-3-4-17-7-9-5-11(21-2)12(6-10(9)18(19)20)22-8-13(14,15)16/h5-6,17H,3-4,7-8H2,1-2H3. The number of rotatable bonds is 8. The van der Waals surface area contributed by atoms with Gasteiger partial charge in [0, 0.05) is 12.1 Å². The summed E-state index contributed by atoms with van der Waals surface area (Å²) in [5, 5.41) is 14.1. The molecule has 0 amide bonds. The third-order valence-corrected chi connectivity index (χ3v) is 2.70. The summed E-state index contributed by atoms with van der Waals surface area (Å²) in [5.74, 6) is -0.297. The first kappa shape index (κ1) is 18.0. The molecular formula is C13H17F3N2O4. The van der Waals surface area contributed by atoms with Crippen LogP contribution in [-0.4, -0.2) is 31.4 Å². The Bertz CT molecular complexity index is 521. The molecule has 0 aliphatic heterocycles. The third-order valence-electron chi connectivity index (χ3n) is 2.70. The fourth-order valence-corrected chi connectivity index (χ4v) is 1.73. The molecule has 1 rings (SSSR count). The molecule has 0 saturated heterocycles. The van der Waals surface area contributed by atoms with E-state index >= 15 is 0 Å². The second-order valence-electron chi connectivity index (χ2n) is 4.47. The predicted octanol–water partition coefficient (Wildman–Crippen LogP) is 3.04. The van der Waals surface area contributed by atoms with Gasteiger partial charge in [0.05, 0.1) is 18.1 Å². The maximum atomic E-state index is 12.2. The SMILES string of the molecule is CCCNCc1cc(OC)c(OCC(F)(F)F)cc1[N+](=O)[O-]. The zero-order valence-electron chi connectivity index (χ0n) is 12.2. The number of alkyl halides is 3. The molecule has 0 heterocycles. The first-order chi connectivity index (χ1) is 10.3. The van der Waals surface area contributed by atoms with E-state index in [0.29, 0.717) is 12.1 Å². The molecule has 0 unspecified atom stereocenters. The number of hydrogen-bond donors (Lipinski definition) is 1. The lowest BCUT2D eigenvalue weighted by atomic mass is 10.1. The molecule has 0 aliphatic rings. The van der Waals surface area contributed by atoms with E-state index in [1.807, 2.05) is 6.92 Å². The number of ether oxygens (including phenoxy) is 2. The minimum atomic E-state index is -4.54. The Labute approximate surface area is 125 Å². The van der Waals surface area contributed by atoms with Crippen LogP contribution in [0.3, 0.4) is 0 Å². The zero-order valence-corrected chi connectivity index (χ0v) is 12.2. The van der Waals surface area contributed by atoms with E-state index < -0.39 is 17.7 Å². The Hall–Kier alpha value is -2.03. The Morgan fingerprint density at radius 2 is 2.00 bits per heavy atom. The zero-order chi connectivity index (χ0) is 16.8. The van der Waals surface area contributed by atoms with Crippen LogP contribution in [0, 0.1) is 10.1 Å². The molecule has 9 heteroatoms. The smallest absolute Gasteiger partial charge is 0.422 e. The monoisotopic (exact) mass is 322 g/mol. The van der Waals surface area contributed by atoms with Gasteiger partial charge >= 0.3 is 6.18 Å². The van der Waals surface area contributed by atoms with E-state index in [1.54, 1.807) is 0 Å². The Morgan fingerprint density at radius 3 is 2.50 bits per heavy atom. The van der Waals surface area contributed by atoms with Crippen molar-refractivity contribution in [3.8, 4) is 11.5 Å². The Balaban J connectivity index is 3.07. The van der Waals surface area contributed by atoms with Crippen LogP contribution in [0.4, 0.5) is 18.9 Å². The summed E-state index contributed by atoms with van der Waals surface area (Å²) in [4.78, 5) is 10.4. The van der Waals surface area contributed by atoms with Crippen LogP contribution < -0.4 is 14.8 Å². The highest BCUT2D eigenvalue weighted by Crippen LogP contribution is 2.35. The number of benzene rings is 1. The van der Waals surface area contributed by atoms with Gasteiger partial charge in [-0.05, 0) is 19.0 Å². The number of halogens is 3. The van der Waals surface area contributed by atoms with Gasteiger partial charge in [-0.15, -0.1) is 0 Å². The molecule has 1 N–H and O–H groups in total. The maximum absolute atomic E-state index is 12.2. The van der Waals surface area contributed by atoms with Crippen molar-refractivity contribution in [1.82, 2.24) is 5.32 Å². The normalized spacial score (nSPS) is 11.3. The lowest BCUT2D eigenvalue weighted by molar-refractivity contribution is -0.385. The van der Waals surface area contributed by atoms with E-state index in [4.69, 9.17) is 4.74 Å². The average Bonchev–Trinajstić information content (AvgIpc) is 2.44.